The molecule has 0 bridgehead atoms. The number of carbonyl (C=O) groups excluding carboxylic acids is 1. The second-order valence-electron chi connectivity index (χ2n) is 8.21. The van der Waals surface area contributed by atoms with Gasteiger partial charge in [-0.05, 0) is 55.4 Å². The molecule has 0 radical (unpaired) electrons. The Balaban J connectivity index is 1.28. The molecule has 1 aliphatic carbocycles. The van der Waals surface area contributed by atoms with Crippen LogP contribution < -0.4 is 10.0 Å². The molecular formula is C24H26ClN3O3S. The predicted molar refractivity (Wildman–Crippen MR) is 126 cm³/mol. The number of sulfonamides is 1. The molecule has 2 aromatic carbocycles. The highest BCUT2D eigenvalue weighted by Crippen LogP contribution is 2.29. The third-order valence-corrected chi connectivity index (χ3v) is 7.90. The summed E-state index contributed by atoms with van der Waals surface area (Å²) in [6.45, 7) is 0.775. The first kappa shape index (κ1) is 22.7. The summed E-state index contributed by atoms with van der Waals surface area (Å²) in [6, 6.07) is 16.3. The monoisotopic (exact) mass is 471 g/mol. The summed E-state index contributed by atoms with van der Waals surface area (Å²) < 4.78 is 28.5. The maximum Gasteiger partial charge on any atom is 0.242 e. The first-order valence-corrected chi connectivity index (χ1v) is 12.6. The smallest absolute Gasteiger partial charge is 0.242 e. The summed E-state index contributed by atoms with van der Waals surface area (Å²) in [7, 11) is -3.66. The van der Waals surface area contributed by atoms with E-state index in [2.05, 4.69) is 15.0 Å². The summed E-state index contributed by atoms with van der Waals surface area (Å²) >= 11 is 6.15. The Hall–Kier alpha value is -2.48. The van der Waals surface area contributed by atoms with Crippen LogP contribution in [0.25, 0.3) is 10.9 Å². The summed E-state index contributed by atoms with van der Waals surface area (Å²) in [6.07, 6.45) is 4.70. The highest BCUT2D eigenvalue weighted by Gasteiger charge is 2.27. The van der Waals surface area contributed by atoms with Crippen LogP contribution in [0.1, 0.15) is 31.2 Å². The SMILES string of the molecule is O=C(NCc1ccccc1Cl)C1CCC(CNS(=O)(=O)c2cccc3cccnc23)CC1. The Labute approximate surface area is 193 Å². The van der Waals surface area contributed by atoms with Crippen molar-refractivity contribution in [3.63, 3.8) is 0 Å². The van der Waals surface area contributed by atoms with E-state index in [1.165, 1.54) is 0 Å². The van der Waals surface area contributed by atoms with Gasteiger partial charge in [-0.25, -0.2) is 13.1 Å². The van der Waals surface area contributed by atoms with Gasteiger partial charge in [0.1, 0.15) is 4.90 Å². The summed E-state index contributed by atoms with van der Waals surface area (Å²) in [4.78, 5) is 17.0. The maximum atomic E-state index is 12.9. The average molecular weight is 472 g/mol. The number of hydrogen-bond acceptors (Lipinski definition) is 4. The van der Waals surface area contributed by atoms with Crippen molar-refractivity contribution in [3.05, 3.63) is 71.4 Å². The van der Waals surface area contributed by atoms with E-state index in [9.17, 15) is 13.2 Å². The number of fused-ring (bicyclic) bond motifs is 1. The van der Waals surface area contributed by atoms with Crippen molar-refractivity contribution >= 4 is 38.4 Å². The minimum atomic E-state index is -3.66. The Morgan fingerprint density at radius 3 is 2.53 bits per heavy atom. The highest BCUT2D eigenvalue weighted by atomic mass is 35.5. The van der Waals surface area contributed by atoms with Gasteiger partial charge in [-0.2, -0.15) is 0 Å². The van der Waals surface area contributed by atoms with Gasteiger partial charge in [0, 0.05) is 35.6 Å². The number of rotatable bonds is 7. The van der Waals surface area contributed by atoms with Crippen molar-refractivity contribution in [2.45, 2.75) is 37.1 Å². The molecule has 0 atom stereocenters. The van der Waals surface area contributed by atoms with E-state index in [1.54, 1.807) is 24.4 Å². The maximum absolute atomic E-state index is 12.9. The van der Waals surface area contributed by atoms with Crippen molar-refractivity contribution in [1.82, 2.24) is 15.0 Å². The molecule has 0 spiro atoms. The van der Waals surface area contributed by atoms with Gasteiger partial charge >= 0.3 is 0 Å². The van der Waals surface area contributed by atoms with Gasteiger partial charge in [0.15, 0.2) is 0 Å². The zero-order valence-corrected chi connectivity index (χ0v) is 19.2. The van der Waals surface area contributed by atoms with Crippen LogP contribution in [0.2, 0.25) is 5.02 Å². The molecule has 1 aromatic heterocycles. The first-order chi connectivity index (χ1) is 15.4. The van der Waals surface area contributed by atoms with Gasteiger partial charge < -0.3 is 5.32 Å². The van der Waals surface area contributed by atoms with Crippen molar-refractivity contribution in [2.24, 2.45) is 11.8 Å². The number of para-hydroxylation sites is 1. The molecule has 6 nitrogen and oxygen atoms in total. The van der Waals surface area contributed by atoms with Crippen LogP contribution in [0, 0.1) is 11.8 Å². The molecule has 2 N–H and O–H groups in total. The number of hydrogen-bond donors (Lipinski definition) is 2. The zero-order chi connectivity index (χ0) is 22.6. The Morgan fingerprint density at radius 2 is 1.75 bits per heavy atom. The van der Waals surface area contributed by atoms with Gasteiger partial charge in [0.2, 0.25) is 15.9 Å². The van der Waals surface area contributed by atoms with Crippen LogP contribution in [0.4, 0.5) is 0 Å². The lowest BCUT2D eigenvalue weighted by molar-refractivity contribution is -0.126. The van der Waals surface area contributed by atoms with Crippen molar-refractivity contribution in [2.75, 3.05) is 6.54 Å². The van der Waals surface area contributed by atoms with Gasteiger partial charge in [-0.1, -0.05) is 48.0 Å². The molecule has 0 unspecified atom stereocenters. The molecule has 1 amide bonds. The molecule has 8 heteroatoms. The lowest BCUT2D eigenvalue weighted by Crippen LogP contribution is -2.36. The molecule has 32 heavy (non-hydrogen) atoms. The predicted octanol–water partition coefficient (Wildman–Crippen LogP) is 4.29. The normalized spacial score (nSPS) is 19.0. The fourth-order valence-electron chi connectivity index (χ4n) is 4.20. The fourth-order valence-corrected chi connectivity index (χ4v) is 5.69. The second kappa shape index (κ2) is 9.98. The minimum absolute atomic E-state index is 0.0331. The number of aromatic nitrogens is 1. The van der Waals surface area contributed by atoms with Crippen LogP contribution in [-0.2, 0) is 21.4 Å². The van der Waals surface area contributed by atoms with Crippen LogP contribution >= 0.6 is 11.6 Å². The molecule has 0 aliphatic heterocycles. The number of nitrogens with one attached hydrogen (secondary N) is 2. The Bertz CT molecular complexity index is 1200. The van der Waals surface area contributed by atoms with Crippen molar-refractivity contribution in [1.29, 1.82) is 0 Å². The number of amides is 1. The Morgan fingerprint density at radius 1 is 1.00 bits per heavy atom. The molecule has 4 rings (SSSR count). The molecule has 1 fully saturated rings. The molecular weight excluding hydrogens is 446 g/mol. The van der Waals surface area contributed by atoms with E-state index in [1.807, 2.05) is 36.4 Å². The average Bonchev–Trinajstić information content (AvgIpc) is 2.82. The summed E-state index contributed by atoms with van der Waals surface area (Å²) in [5, 5.41) is 4.41. The van der Waals surface area contributed by atoms with Crippen LogP contribution in [-0.4, -0.2) is 25.9 Å². The summed E-state index contributed by atoms with van der Waals surface area (Å²) in [5.74, 6) is 0.193. The standard InChI is InChI=1S/C24H26ClN3O3S/c25-21-8-2-1-5-20(21)16-27-24(29)19-12-10-17(11-13-19)15-28-32(30,31)22-9-3-6-18-7-4-14-26-23(18)22/h1-9,14,17,19,28H,10-13,15-16H2,(H,27,29). The summed E-state index contributed by atoms with van der Waals surface area (Å²) in [5.41, 5.74) is 1.37. The molecule has 1 heterocycles. The van der Waals surface area contributed by atoms with E-state index in [0.29, 0.717) is 23.6 Å². The minimum Gasteiger partial charge on any atom is -0.352 e. The number of nitrogens with zero attached hydrogens (tertiary/aromatic N) is 1. The topological polar surface area (TPSA) is 88.2 Å². The number of pyridine rings is 1. The van der Waals surface area contributed by atoms with Crippen LogP contribution in [0.3, 0.4) is 0 Å². The van der Waals surface area contributed by atoms with E-state index in [-0.39, 0.29) is 22.6 Å². The van der Waals surface area contributed by atoms with Crippen LogP contribution in [0.15, 0.2) is 65.7 Å². The second-order valence-corrected chi connectivity index (χ2v) is 10.4. The highest BCUT2D eigenvalue weighted by molar-refractivity contribution is 7.89. The van der Waals surface area contributed by atoms with E-state index < -0.39 is 10.0 Å². The lowest BCUT2D eigenvalue weighted by Gasteiger charge is -2.28. The molecule has 168 valence electrons. The third-order valence-electron chi connectivity index (χ3n) is 6.08. The van der Waals surface area contributed by atoms with Gasteiger partial charge in [0.05, 0.1) is 5.52 Å². The van der Waals surface area contributed by atoms with Gasteiger partial charge in [0.25, 0.3) is 0 Å². The Kier molecular flexibility index (Phi) is 7.08. The van der Waals surface area contributed by atoms with Crippen LogP contribution in [0.5, 0.6) is 0 Å². The molecule has 3 aromatic rings. The molecule has 1 saturated carbocycles. The molecule has 0 saturated heterocycles. The quantitative estimate of drug-likeness (QED) is 0.538. The lowest BCUT2D eigenvalue weighted by atomic mass is 9.81. The van der Waals surface area contributed by atoms with E-state index in [0.717, 1.165) is 36.6 Å². The van der Waals surface area contributed by atoms with Crippen molar-refractivity contribution in [3.8, 4) is 0 Å². The number of benzene rings is 2. The van der Waals surface area contributed by atoms with Gasteiger partial charge in [-0.3, -0.25) is 9.78 Å². The first-order valence-electron chi connectivity index (χ1n) is 10.8. The fraction of sp³-hybridized carbons (Fsp3) is 0.333. The zero-order valence-electron chi connectivity index (χ0n) is 17.6. The van der Waals surface area contributed by atoms with E-state index >= 15 is 0 Å². The molecule has 1 aliphatic rings. The largest absolute Gasteiger partial charge is 0.352 e. The van der Waals surface area contributed by atoms with E-state index in [4.69, 9.17) is 11.6 Å². The number of halogens is 1. The number of carbonyl (C=O) groups is 1. The van der Waals surface area contributed by atoms with Gasteiger partial charge in [-0.15, -0.1) is 0 Å². The third kappa shape index (κ3) is 5.28. The van der Waals surface area contributed by atoms with Crippen molar-refractivity contribution < 1.29 is 13.2 Å².